The first-order chi connectivity index (χ1) is 19.6. The number of amides is 2. The molecule has 2 heterocycles. The van der Waals surface area contributed by atoms with Crippen LogP contribution in [-0.2, 0) is 6.42 Å². The fourth-order valence-corrected chi connectivity index (χ4v) is 5.53. The summed E-state index contributed by atoms with van der Waals surface area (Å²) < 4.78 is 2.08. The number of fused-ring (bicyclic) bond motifs is 1. The minimum Gasteiger partial charge on any atom is -0.383 e. The lowest BCUT2D eigenvalue weighted by Gasteiger charge is -2.13. The van der Waals surface area contributed by atoms with E-state index in [2.05, 4.69) is 37.3 Å². The number of nitrogens with zero attached hydrogens (tertiary/aromatic N) is 3. The quantitative estimate of drug-likeness (QED) is 0.205. The number of hydrogen-bond acceptors (Lipinski definition) is 5. The van der Waals surface area contributed by atoms with Crippen molar-refractivity contribution >= 4 is 40.0 Å². The third-order valence-electron chi connectivity index (χ3n) is 7.49. The number of nitrogens with one attached hydrogen (secondary N) is 2. The molecule has 0 unspecified atom stereocenters. The number of hydrogen-bond donors (Lipinski definition) is 3. The van der Waals surface area contributed by atoms with E-state index in [0.29, 0.717) is 40.3 Å². The summed E-state index contributed by atoms with van der Waals surface area (Å²) in [5, 5.41) is 6.40. The van der Waals surface area contributed by atoms with Crippen LogP contribution in [0.5, 0.6) is 0 Å². The summed E-state index contributed by atoms with van der Waals surface area (Å²) in [6, 6.07) is 24.7. The molecule has 200 valence electrons. The van der Waals surface area contributed by atoms with Crippen LogP contribution < -0.4 is 16.4 Å². The first-order valence-electron chi connectivity index (χ1n) is 13.5. The van der Waals surface area contributed by atoms with Crippen molar-refractivity contribution in [2.75, 3.05) is 16.4 Å². The molecule has 0 aliphatic heterocycles. The smallest absolute Gasteiger partial charge is 0.323 e. The van der Waals surface area contributed by atoms with Crippen LogP contribution in [0.25, 0.3) is 11.0 Å². The van der Waals surface area contributed by atoms with Crippen molar-refractivity contribution in [2.45, 2.75) is 38.1 Å². The number of carbonyl (C=O) groups excluding carboxylic acids is 2. The summed E-state index contributed by atoms with van der Waals surface area (Å²) in [6.45, 7) is 0. The largest absolute Gasteiger partial charge is 0.383 e. The van der Waals surface area contributed by atoms with Crippen molar-refractivity contribution in [1.29, 1.82) is 0 Å². The number of carbonyl (C=O) groups is 2. The number of benzene rings is 3. The van der Waals surface area contributed by atoms with E-state index in [4.69, 9.17) is 5.73 Å². The SMILES string of the molecule is Nc1ncnc2c1c(C(=O)c1cccc(NC(=O)Nc3ccccc3Cc3ccccc3)c1)cn2C1CCCC1. The van der Waals surface area contributed by atoms with Gasteiger partial charge in [-0.25, -0.2) is 14.8 Å². The van der Waals surface area contributed by atoms with Crippen LogP contribution in [0.4, 0.5) is 22.0 Å². The van der Waals surface area contributed by atoms with Crippen molar-refractivity contribution in [3.63, 3.8) is 0 Å². The molecule has 0 radical (unpaired) electrons. The molecule has 1 fully saturated rings. The van der Waals surface area contributed by atoms with Crippen LogP contribution in [0.3, 0.4) is 0 Å². The van der Waals surface area contributed by atoms with Crippen LogP contribution in [0.15, 0.2) is 91.4 Å². The maximum atomic E-state index is 13.7. The van der Waals surface area contributed by atoms with Gasteiger partial charge in [-0.1, -0.05) is 73.5 Å². The molecule has 1 aliphatic carbocycles. The number of ketones is 1. The molecule has 2 aromatic heterocycles. The Bertz CT molecular complexity index is 1690. The number of para-hydroxylation sites is 1. The van der Waals surface area contributed by atoms with Gasteiger partial charge in [-0.05, 0) is 48.6 Å². The van der Waals surface area contributed by atoms with Gasteiger partial charge in [-0.3, -0.25) is 4.79 Å². The van der Waals surface area contributed by atoms with Gasteiger partial charge in [0.25, 0.3) is 0 Å². The Balaban J connectivity index is 1.22. The topological polar surface area (TPSA) is 115 Å². The average molecular weight is 531 g/mol. The van der Waals surface area contributed by atoms with Gasteiger partial charge in [0, 0.05) is 29.2 Å². The summed E-state index contributed by atoms with van der Waals surface area (Å²) in [4.78, 5) is 35.3. The molecule has 3 aromatic carbocycles. The van der Waals surface area contributed by atoms with E-state index in [9.17, 15) is 9.59 Å². The molecule has 6 rings (SSSR count). The maximum absolute atomic E-state index is 13.7. The van der Waals surface area contributed by atoms with Gasteiger partial charge in [0.05, 0.1) is 10.9 Å². The van der Waals surface area contributed by atoms with E-state index in [1.807, 2.05) is 48.7 Å². The molecule has 0 atom stereocenters. The Morgan fingerprint density at radius 1 is 0.900 bits per heavy atom. The van der Waals surface area contributed by atoms with Gasteiger partial charge < -0.3 is 20.9 Å². The Labute approximate surface area is 232 Å². The fourth-order valence-electron chi connectivity index (χ4n) is 5.53. The number of anilines is 3. The van der Waals surface area contributed by atoms with E-state index < -0.39 is 0 Å². The third kappa shape index (κ3) is 5.16. The number of rotatable bonds is 7. The van der Waals surface area contributed by atoms with Gasteiger partial charge >= 0.3 is 6.03 Å². The standard InChI is InChI=1S/C32H30N6O2/c33-30-28-26(19-38(25-14-5-6-15-25)31(28)35-20-34-30)29(39)23-12-8-13-24(18-23)36-32(40)37-27-16-7-4-11-22(27)17-21-9-2-1-3-10-21/h1-4,7-13,16,18-20,25H,5-6,14-15,17H2,(H2,33,34,35)(H2,36,37,40). The summed E-state index contributed by atoms with van der Waals surface area (Å²) in [5.74, 6) is 0.0911. The summed E-state index contributed by atoms with van der Waals surface area (Å²) in [6.07, 6.45) is 8.40. The normalized spacial score (nSPS) is 13.4. The van der Waals surface area contributed by atoms with Gasteiger partial charge in [0.15, 0.2) is 5.78 Å². The van der Waals surface area contributed by atoms with Crippen LogP contribution in [0.2, 0.25) is 0 Å². The molecule has 0 spiro atoms. The van der Waals surface area contributed by atoms with Gasteiger partial charge in [0.1, 0.15) is 17.8 Å². The lowest BCUT2D eigenvalue weighted by atomic mass is 10.0. The highest BCUT2D eigenvalue weighted by Gasteiger charge is 2.25. The van der Waals surface area contributed by atoms with E-state index in [1.165, 1.54) is 6.33 Å². The second-order valence-electron chi connectivity index (χ2n) is 10.2. The fraction of sp³-hybridized carbons (Fsp3) is 0.188. The second-order valence-corrected chi connectivity index (χ2v) is 10.2. The molecule has 40 heavy (non-hydrogen) atoms. The molecular weight excluding hydrogens is 500 g/mol. The minimum absolute atomic E-state index is 0.194. The van der Waals surface area contributed by atoms with Gasteiger partial charge in [-0.15, -0.1) is 0 Å². The number of urea groups is 1. The van der Waals surface area contributed by atoms with Crippen LogP contribution in [-0.4, -0.2) is 26.3 Å². The molecule has 1 aliphatic rings. The zero-order valence-electron chi connectivity index (χ0n) is 22.0. The maximum Gasteiger partial charge on any atom is 0.323 e. The van der Waals surface area contributed by atoms with Crippen molar-refractivity contribution in [3.8, 4) is 0 Å². The molecule has 8 nitrogen and oxygen atoms in total. The van der Waals surface area contributed by atoms with Gasteiger partial charge in [0.2, 0.25) is 0 Å². The zero-order valence-corrected chi connectivity index (χ0v) is 22.0. The van der Waals surface area contributed by atoms with Gasteiger partial charge in [-0.2, -0.15) is 0 Å². The molecule has 2 amide bonds. The Kier molecular flexibility index (Phi) is 6.97. The summed E-state index contributed by atoms with van der Waals surface area (Å²) >= 11 is 0. The first kappa shape index (κ1) is 25.3. The highest BCUT2D eigenvalue weighted by atomic mass is 16.2. The molecule has 1 saturated carbocycles. The lowest BCUT2D eigenvalue weighted by Crippen LogP contribution is -2.20. The molecule has 8 heteroatoms. The van der Waals surface area contributed by atoms with Crippen LogP contribution >= 0.6 is 0 Å². The van der Waals surface area contributed by atoms with Crippen molar-refractivity contribution in [1.82, 2.24) is 14.5 Å². The summed E-state index contributed by atoms with van der Waals surface area (Å²) in [5.41, 5.74) is 11.2. The Hall–Kier alpha value is -4.98. The summed E-state index contributed by atoms with van der Waals surface area (Å²) in [7, 11) is 0. The first-order valence-corrected chi connectivity index (χ1v) is 13.5. The van der Waals surface area contributed by atoms with Crippen LogP contribution in [0, 0.1) is 0 Å². The minimum atomic E-state index is -0.388. The van der Waals surface area contributed by atoms with E-state index in [0.717, 1.165) is 42.5 Å². The average Bonchev–Trinajstić information content (AvgIpc) is 3.63. The third-order valence-corrected chi connectivity index (χ3v) is 7.49. The Morgan fingerprint density at radius 2 is 1.68 bits per heavy atom. The highest BCUT2D eigenvalue weighted by Crippen LogP contribution is 2.35. The predicted octanol–water partition coefficient (Wildman–Crippen LogP) is 6.59. The molecule has 5 aromatic rings. The second kappa shape index (κ2) is 11.0. The highest BCUT2D eigenvalue weighted by molar-refractivity contribution is 6.18. The Morgan fingerprint density at radius 3 is 2.50 bits per heavy atom. The zero-order chi connectivity index (χ0) is 27.5. The molecular formula is C32H30N6O2. The van der Waals surface area contributed by atoms with Crippen molar-refractivity contribution < 1.29 is 9.59 Å². The van der Waals surface area contributed by atoms with E-state index >= 15 is 0 Å². The lowest BCUT2D eigenvalue weighted by molar-refractivity contribution is 0.104. The number of nitrogens with two attached hydrogens (primary N) is 1. The van der Waals surface area contributed by atoms with Crippen molar-refractivity contribution in [3.05, 3.63) is 114 Å². The monoisotopic (exact) mass is 530 g/mol. The van der Waals surface area contributed by atoms with Crippen molar-refractivity contribution in [2.24, 2.45) is 0 Å². The predicted molar refractivity (Wildman–Crippen MR) is 158 cm³/mol. The van der Waals surface area contributed by atoms with Crippen LogP contribution in [0.1, 0.15) is 58.8 Å². The number of aromatic nitrogens is 3. The molecule has 0 saturated heterocycles. The molecule has 0 bridgehead atoms. The molecule has 4 N–H and O–H groups in total. The van der Waals surface area contributed by atoms with E-state index in [1.54, 1.807) is 24.3 Å². The van der Waals surface area contributed by atoms with E-state index in [-0.39, 0.29) is 17.6 Å². The number of nitrogen functional groups attached to an aromatic ring is 1.